The summed E-state index contributed by atoms with van der Waals surface area (Å²) in [5.41, 5.74) is 0. The standard InChI is InChI=1S/C16H30N2O2/c19-11-10-18(13-15-8-5-9-17-15)16(20)12-14-6-3-1-2-4-7-14/h14-15,17,19H,1-13H2. The van der Waals surface area contributed by atoms with Crippen LogP contribution < -0.4 is 5.32 Å². The van der Waals surface area contributed by atoms with Gasteiger partial charge in [0, 0.05) is 25.6 Å². The Kier molecular flexibility index (Phi) is 6.80. The third-order valence-corrected chi connectivity index (χ3v) is 4.76. The van der Waals surface area contributed by atoms with Gasteiger partial charge in [0.25, 0.3) is 0 Å². The Hall–Kier alpha value is -0.610. The average molecular weight is 282 g/mol. The van der Waals surface area contributed by atoms with Crippen molar-refractivity contribution < 1.29 is 9.90 Å². The Morgan fingerprint density at radius 2 is 1.85 bits per heavy atom. The number of carbonyl (C=O) groups excluding carboxylic acids is 1. The Bertz CT molecular complexity index is 282. The fourth-order valence-electron chi connectivity index (χ4n) is 3.56. The topological polar surface area (TPSA) is 52.6 Å². The first-order valence-electron chi connectivity index (χ1n) is 8.41. The predicted octanol–water partition coefficient (Wildman–Crippen LogP) is 1.92. The summed E-state index contributed by atoms with van der Waals surface area (Å²) in [7, 11) is 0. The first-order chi connectivity index (χ1) is 9.79. The van der Waals surface area contributed by atoms with Crippen LogP contribution in [0.2, 0.25) is 0 Å². The molecule has 2 N–H and O–H groups in total. The first-order valence-corrected chi connectivity index (χ1v) is 8.41. The lowest BCUT2D eigenvalue weighted by molar-refractivity contribution is -0.133. The molecule has 1 aliphatic heterocycles. The molecular formula is C16H30N2O2. The second kappa shape index (κ2) is 8.63. The van der Waals surface area contributed by atoms with Gasteiger partial charge in [0.05, 0.1) is 6.61 Å². The van der Waals surface area contributed by atoms with E-state index in [4.69, 9.17) is 0 Å². The van der Waals surface area contributed by atoms with E-state index in [1.165, 1.54) is 44.9 Å². The molecule has 0 aromatic carbocycles. The number of aliphatic hydroxyl groups excluding tert-OH is 1. The number of hydrogen-bond donors (Lipinski definition) is 2. The number of aliphatic hydroxyl groups is 1. The third kappa shape index (κ3) is 5.06. The lowest BCUT2D eigenvalue weighted by atomic mass is 9.96. The van der Waals surface area contributed by atoms with Crippen LogP contribution in [0.1, 0.15) is 57.8 Å². The number of nitrogens with one attached hydrogen (secondary N) is 1. The average Bonchev–Trinajstić information content (AvgIpc) is 2.82. The molecule has 1 saturated carbocycles. The monoisotopic (exact) mass is 282 g/mol. The summed E-state index contributed by atoms with van der Waals surface area (Å²) in [6, 6.07) is 0.430. The molecule has 0 aromatic rings. The molecule has 1 heterocycles. The fourth-order valence-corrected chi connectivity index (χ4v) is 3.56. The SMILES string of the molecule is O=C(CC1CCCCCC1)N(CCO)CC1CCCN1. The molecule has 20 heavy (non-hydrogen) atoms. The highest BCUT2D eigenvalue weighted by Gasteiger charge is 2.23. The molecule has 2 aliphatic rings. The Morgan fingerprint density at radius 3 is 2.45 bits per heavy atom. The van der Waals surface area contributed by atoms with Gasteiger partial charge >= 0.3 is 0 Å². The zero-order valence-corrected chi connectivity index (χ0v) is 12.6. The van der Waals surface area contributed by atoms with Crippen molar-refractivity contribution in [2.75, 3.05) is 26.2 Å². The fraction of sp³-hybridized carbons (Fsp3) is 0.938. The van der Waals surface area contributed by atoms with Crippen molar-refractivity contribution in [2.45, 2.75) is 63.8 Å². The van der Waals surface area contributed by atoms with Crippen LogP contribution in [-0.2, 0) is 4.79 Å². The van der Waals surface area contributed by atoms with Gasteiger partial charge in [0.2, 0.25) is 5.91 Å². The summed E-state index contributed by atoms with van der Waals surface area (Å²) in [5.74, 6) is 0.822. The van der Waals surface area contributed by atoms with Crippen molar-refractivity contribution in [1.29, 1.82) is 0 Å². The maximum absolute atomic E-state index is 12.5. The highest BCUT2D eigenvalue weighted by atomic mass is 16.3. The number of carbonyl (C=O) groups is 1. The van der Waals surface area contributed by atoms with Crippen LogP contribution in [0.25, 0.3) is 0 Å². The lowest BCUT2D eigenvalue weighted by Crippen LogP contribution is -2.43. The molecule has 1 atom stereocenters. The van der Waals surface area contributed by atoms with Crippen molar-refractivity contribution in [3.05, 3.63) is 0 Å². The summed E-state index contributed by atoms with van der Waals surface area (Å²) in [6.07, 6.45) is 10.7. The molecule has 2 rings (SSSR count). The van der Waals surface area contributed by atoms with Crippen molar-refractivity contribution >= 4 is 5.91 Å². The van der Waals surface area contributed by atoms with Crippen LogP contribution in [0.15, 0.2) is 0 Å². The van der Waals surface area contributed by atoms with Gasteiger partial charge in [-0.3, -0.25) is 4.79 Å². The van der Waals surface area contributed by atoms with Crippen molar-refractivity contribution in [2.24, 2.45) is 5.92 Å². The van der Waals surface area contributed by atoms with E-state index in [-0.39, 0.29) is 12.5 Å². The number of hydrogen-bond acceptors (Lipinski definition) is 3. The van der Waals surface area contributed by atoms with Gasteiger partial charge in [-0.2, -0.15) is 0 Å². The van der Waals surface area contributed by atoms with Gasteiger partial charge in [-0.05, 0) is 38.1 Å². The highest BCUT2D eigenvalue weighted by Crippen LogP contribution is 2.26. The van der Waals surface area contributed by atoms with Gasteiger partial charge in [0.1, 0.15) is 0 Å². The molecule has 1 unspecified atom stereocenters. The molecule has 116 valence electrons. The van der Waals surface area contributed by atoms with Crippen LogP contribution in [0.5, 0.6) is 0 Å². The normalized spacial score (nSPS) is 24.6. The van der Waals surface area contributed by atoms with Gasteiger partial charge in [-0.1, -0.05) is 25.7 Å². The molecule has 0 spiro atoms. The smallest absolute Gasteiger partial charge is 0.222 e. The molecule has 1 aliphatic carbocycles. The second-order valence-electron chi connectivity index (χ2n) is 6.42. The summed E-state index contributed by atoms with van der Waals surface area (Å²) < 4.78 is 0. The Morgan fingerprint density at radius 1 is 1.10 bits per heavy atom. The quantitative estimate of drug-likeness (QED) is 0.732. The maximum Gasteiger partial charge on any atom is 0.222 e. The minimum absolute atomic E-state index is 0.0725. The lowest BCUT2D eigenvalue weighted by Gasteiger charge is -2.27. The molecule has 4 nitrogen and oxygen atoms in total. The molecule has 4 heteroatoms. The van der Waals surface area contributed by atoms with Crippen LogP contribution in [0.3, 0.4) is 0 Å². The molecule has 0 aromatic heterocycles. The minimum Gasteiger partial charge on any atom is -0.395 e. The number of nitrogens with zero attached hydrogens (tertiary/aromatic N) is 1. The zero-order chi connectivity index (χ0) is 14.2. The molecule has 0 radical (unpaired) electrons. The second-order valence-corrected chi connectivity index (χ2v) is 6.42. The summed E-state index contributed by atoms with van der Waals surface area (Å²) in [6.45, 7) is 2.40. The highest BCUT2D eigenvalue weighted by molar-refractivity contribution is 5.76. The molecule has 1 saturated heterocycles. The van der Waals surface area contributed by atoms with Crippen LogP contribution in [0.4, 0.5) is 0 Å². The van der Waals surface area contributed by atoms with E-state index in [0.717, 1.165) is 19.5 Å². The predicted molar refractivity (Wildman–Crippen MR) is 80.5 cm³/mol. The van der Waals surface area contributed by atoms with Crippen molar-refractivity contribution in [1.82, 2.24) is 10.2 Å². The third-order valence-electron chi connectivity index (χ3n) is 4.76. The number of rotatable bonds is 6. The van der Waals surface area contributed by atoms with Crippen molar-refractivity contribution in [3.63, 3.8) is 0 Å². The molecule has 2 fully saturated rings. The Balaban J connectivity index is 1.81. The van der Waals surface area contributed by atoms with Gasteiger partial charge in [-0.15, -0.1) is 0 Å². The van der Waals surface area contributed by atoms with E-state index in [0.29, 0.717) is 24.9 Å². The van der Waals surface area contributed by atoms with Crippen LogP contribution in [0, 0.1) is 5.92 Å². The number of amides is 1. The van der Waals surface area contributed by atoms with E-state index in [1.807, 2.05) is 4.90 Å². The molecular weight excluding hydrogens is 252 g/mol. The summed E-state index contributed by atoms with van der Waals surface area (Å²) in [5, 5.41) is 12.6. The van der Waals surface area contributed by atoms with E-state index in [1.54, 1.807) is 0 Å². The minimum atomic E-state index is 0.0725. The largest absolute Gasteiger partial charge is 0.395 e. The molecule has 1 amide bonds. The summed E-state index contributed by atoms with van der Waals surface area (Å²) >= 11 is 0. The molecule has 0 bridgehead atoms. The van der Waals surface area contributed by atoms with E-state index in [2.05, 4.69) is 5.32 Å². The van der Waals surface area contributed by atoms with Crippen LogP contribution in [-0.4, -0.2) is 48.2 Å². The van der Waals surface area contributed by atoms with Gasteiger partial charge < -0.3 is 15.3 Å². The zero-order valence-electron chi connectivity index (χ0n) is 12.6. The van der Waals surface area contributed by atoms with E-state index in [9.17, 15) is 9.90 Å². The van der Waals surface area contributed by atoms with Gasteiger partial charge in [0.15, 0.2) is 0 Å². The maximum atomic E-state index is 12.5. The van der Waals surface area contributed by atoms with Crippen LogP contribution >= 0.6 is 0 Å². The Labute approximate surface area is 122 Å². The van der Waals surface area contributed by atoms with E-state index >= 15 is 0 Å². The van der Waals surface area contributed by atoms with E-state index < -0.39 is 0 Å². The van der Waals surface area contributed by atoms with Gasteiger partial charge in [-0.25, -0.2) is 0 Å². The first kappa shape index (κ1) is 15.8. The van der Waals surface area contributed by atoms with Crippen molar-refractivity contribution in [3.8, 4) is 0 Å². The summed E-state index contributed by atoms with van der Waals surface area (Å²) in [4.78, 5) is 14.4.